The molecule has 0 radical (unpaired) electrons. The van der Waals surface area contributed by atoms with E-state index in [9.17, 15) is 5.11 Å². The Morgan fingerprint density at radius 2 is 1.95 bits per heavy atom. The number of benzene rings is 1. The molecule has 1 saturated heterocycles. The van der Waals surface area contributed by atoms with Crippen LogP contribution in [0.15, 0.2) is 24.3 Å². The number of likely N-dealkylation sites (tertiary alicyclic amines) is 1. The predicted octanol–water partition coefficient (Wildman–Crippen LogP) is 2.65. The van der Waals surface area contributed by atoms with E-state index in [0.29, 0.717) is 11.8 Å². The second kappa shape index (κ2) is 6.66. The second-order valence-corrected chi connectivity index (χ2v) is 7.26. The third-order valence-corrected chi connectivity index (χ3v) is 4.96. The molecule has 1 aliphatic carbocycles. The highest BCUT2D eigenvalue weighted by atomic mass is 35.5. The largest absolute Gasteiger partial charge is 0.393 e. The normalized spacial score (nSPS) is 28.5. The molecule has 116 valence electrons. The number of aliphatic hydroxyl groups excluding tert-OH is 1. The van der Waals surface area contributed by atoms with Gasteiger partial charge in [0, 0.05) is 30.7 Å². The van der Waals surface area contributed by atoms with E-state index in [1.165, 1.54) is 18.4 Å². The van der Waals surface area contributed by atoms with Crippen molar-refractivity contribution in [3.05, 3.63) is 34.9 Å². The average Bonchev–Trinajstić information content (AvgIpc) is 3.25. The van der Waals surface area contributed by atoms with Crippen LogP contribution in [0.3, 0.4) is 0 Å². The molecule has 0 amide bonds. The zero-order chi connectivity index (χ0) is 14.8. The summed E-state index contributed by atoms with van der Waals surface area (Å²) in [6.45, 7) is 2.90. The Morgan fingerprint density at radius 1 is 1.24 bits per heavy atom. The van der Waals surface area contributed by atoms with E-state index in [1.807, 2.05) is 12.1 Å². The van der Waals surface area contributed by atoms with Gasteiger partial charge in [-0.25, -0.2) is 0 Å². The zero-order valence-corrected chi connectivity index (χ0v) is 13.2. The van der Waals surface area contributed by atoms with Crippen LogP contribution in [0.4, 0.5) is 0 Å². The number of hydrogen-bond acceptors (Lipinski definition) is 3. The SMILES string of the molecule is NC1CC(CC(O)C2CC2)CN(Cc2ccc(Cl)cc2)C1. The molecule has 1 heterocycles. The third kappa shape index (κ3) is 4.43. The van der Waals surface area contributed by atoms with Crippen LogP contribution in [0.25, 0.3) is 0 Å². The van der Waals surface area contributed by atoms with Crippen molar-refractivity contribution >= 4 is 11.6 Å². The van der Waals surface area contributed by atoms with Gasteiger partial charge in [0.15, 0.2) is 0 Å². The summed E-state index contributed by atoms with van der Waals surface area (Å²) in [5.41, 5.74) is 7.49. The Bertz CT molecular complexity index is 460. The van der Waals surface area contributed by atoms with Crippen LogP contribution in [-0.2, 0) is 6.54 Å². The minimum atomic E-state index is -0.113. The lowest BCUT2D eigenvalue weighted by Crippen LogP contribution is -2.47. The van der Waals surface area contributed by atoms with Crippen LogP contribution in [0.1, 0.15) is 31.2 Å². The zero-order valence-electron chi connectivity index (χ0n) is 12.4. The molecule has 2 aliphatic rings. The number of aliphatic hydroxyl groups is 1. The first-order chi connectivity index (χ1) is 10.1. The van der Waals surface area contributed by atoms with Crippen molar-refractivity contribution in [2.24, 2.45) is 17.6 Å². The highest BCUT2D eigenvalue weighted by molar-refractivity contribution is 6.30. The van der Waals surface area contributed by atoms with Gasteiger partial charge in [0.2, 0.25) is 0 Å². The molecular weight excluding hydrogens is 284 g/mol. The highest BCUT2D eigenvalue weighted by Gasteiger charge is 2.33. The summed E-state index contributed by atoms with van der Waals surface area (Å²) in [6.07, 6.45) is 4.25. The lowest BCUT2D eigenvalue weighted by molar-refractivity contribution is 0.0781. The van der Waals surface area contributed by atoms with Crippen molar-refractivity contribution in [3.8, 4) is 0 Å². The fourth-order valence-corrected chi connectivity index (χ4v) is 3.64. The van der Waals surface area contributed by atoms with E-state index in [4.69, 9.17) is 17.3 Å². The van der Waals surface area contributed by atoms with Gasteiger partial charge in [-0.3, -0.25) is 4.90 Å². The first kappa shape index (κ1) is 15.3. The average molecular weight is 309 g/mol. The van der Waals surface area contributed by atoms with E-state index in [1.54, 1.807) is 0 Å². The maximum atomic E-state index is 10.2. The van der Waals surface area contributed by atoms with E-state index >= 15 is 0 Å². The van der Waals surface area contributed by atoms with Crippen LogP contribution in [-0.4, -0.2) is 35.2 Å². The number of piperidine rings is 1. The number of rotatable bonds is 5. The van der Waals surface area contributed by atoms with Crippen LogP contribution in [0, 0.1) is 11.8 Å². The molecule has 3 N–H and O–H groups in total. The van der Waals surface area contributed by atoms with Gasteiger partial charge < -0.3 is 10.8 Å². The lowest BCUT2D eigenvalue weighted by atomic mass is 9.88. The number of nitrogens with zero attached hydrogens (tertiary/aromatic N) is 1. The van der Waals surface area contributed by atoms with Crippen molar-refractivity contribution in [3.63, 3.8) is 0 Å². The Balaban J connectivity index is 1.55. The second-order valence-electron chi connectivity index (χ2n) is 6.82. The van der Waals surface area contributed by atoms with E-state index < -0.39 is 0 Å². The molecule has 1 aromatic rings. The van der Waals surface area contributed by atoms with E-state index in [-0.39, 0.29) is 12.1 Å². The van der Waals surface area contributed by atoms with Crippen LogP contribution >= 0.6 is 11.6 Å². The molecule has 0 aromatic heterocycles. The summed E-state index contributed by atoms with van der Waals surface area (Å²) in [5.74, 6) is 1.09. The number of nitrogens with two attached hydrogens (primary N) is 1. The van der Waals surface area contributed by atoms with Gasteiger partial charge in [-0.2, -0.15) is 0 Å². The molecule has 3 unspecified atom stereocenters. The summed E-state index contributed by atoms with van der Waals surface area (Å²) >= 11 is 5.93. The molecule has 3 rings (SSSR count). The highest BCUT2D eigenvalue weighted by Crippen LogP contribution is 2.36. The smallest absolute Gasteiger partial charge is 0.0571 e. The third-order valence-electron chi connectivity index (χ3n) is 4.71. The fraction of sp³-hybridized carbons (Fsp3) is 0.647. The van der Waals surface area contributed by atoms with Crippen LogP contribution in [0.5, 0.6) is 0 Å². The monoisotopic (exact) mass is 308 g/mol. The lowest BCUT2D eigenvalue weighted by Gasteiger charge is -2.37. The Hall–Kier alpha value is -0.610. The molecule has 1 aliphatic heterocycles. The molecule has 3 nitrogen and oxygen atoms in total. The summed E-state index contributed by atoms with van der Waals surface area (Å²) in [5, 5.41) is 10.9. The van der Waals surface area contributed by atoms with Crippen molar-refractivity contribution in [2.45, 2.75) is 44.4 Å². The predicted molar refractivity (Wildman–Crippen MR) is 86.2 cm³/mol. The maximum absolute atomic E-state index is 10.2. The van der Waals surface area contributed by atoms with Crippen molar-refractivity contribution in [2.75, 3.05) is 13.1 Å². The van der Waals surface area contributed by atoms with Crippen LogP contribution in [0.2, 0.25) is 5.02 Å². The van der Waals surface area contributed by atoms with Crippen LogP contribution < -0.4 is 5.73 Å². The molecule has 1 aromatic carbocycles. The molecule has 1 saturated carbocycles. The molecule has 21 heavy (non-hydrogen) atoms. The van der Waals surface area contributed by atoms with Gasteiger partial charge in [-0.05, 0) is 55.2 Å². The van der Waals surface area contributed by atoms with E-state index in [2.05, 4.69) is 17.0 Å². The summed E-state index contributed by atoms with van der Waals surface area (Å²) < 4.78 is 0. The minimum Gasteiger partial charge on any atom is -0.393 e. The van der Waals surface area contributed by atoms with Gasteiger partial charge in [-0.1, -0.05) is 23.7 Å². The van der Waals surface area contributed by atoms with Gasteiger partial charge >= 0.3 is 0 Å². The van der Waals surface area contributed by atoms with Crippen molar-refractivity contribution < 1.29 is 5.11 Å². The topological polar surface area (TPSA) is 49.5 Å². The van der Waals surface area contributed by atoms with Gasteiger partial charge in [0.25, 0.3) is 0 Å². The first-order valence-corrected chi connectivity index (χ1v) is 8.38. The molecule has 4 heteroatoms. The van der Waals surface area contributed by atoms with Crippen molar-refractivity contribution in [1.82, 2.24) is 4.90 Å². The van der Waals surface area contributed by atoms with E-state index in [0.717, 1.165) is 37.5 Å². The summed E-state index contributed by atoms with van der Waals surface area (Å²) in [6, 6.07) is 8.26. The van der Waals surface area contributed by atoms with Gasteiger partial charge in [-0.15, -0.1) is 0 Å². The molecule has 0 bridgehead atoms. The number of hydrogen-bond donors (Lipinski definition) is 2. The Labute approximate surface area is 132 Å². The molecule has 2 fully saturated rings. The molecule has 3 atom stereocenters. The summed E-state index contributed by atoms with van der Waals surface area (Å²) in [7, 11) is 0. The van der Waals surface area contributed by atoms with Gasteiger partial charge in [0.05, 0.1) is 6.10 Å². The molecule has 0 spiro atoms. The first-order valence-electron chi connectivity index (χ1n) is 8.00. The standard InChI is InChI=1S/C17H25ClN2O/c18-15-5-1-12(2-6-15)9-20-10-13(7-16(19)11-20)8-17(21)14-3-4-14/h1-2,5-6,13-14,16-17,21H,3-4,7-11,19H2. The quantitative estimate of drug-likeness (QED) is 0.879. The summed E-state index contributed by atoms with van der Waals surface area (Å²) in [4.78, 5) is 2.42. The Kier molecular flexibility index (Phi) is 4.85. The minimum absolute atomic E-state index is 0.113. The maximum Gasteiger partial charge on any atom is 0.0571 e. The van der Waals surface area contributed by atoms with Crippen molar-refractivity contribution in [1.29, 1.82) is 0 Å². The fourth-order valence-electron chi connectivity index (χ4n) is 3.51. The van der Waals surface area contributed by atoms with Gasteiger partial charge in [0.1, 0.15) is 0 Å². The molecular formula is C17H25ClN2O. The number of halogens is 1. The Morgan fingerprint density at radius 3 is 2.62 bits per heavy atom.